The van der Waals surface area contributed by atoms with Gasteiger partial charge in [0.2, 0.25) is 0 Å². The molecule has 1 aliphatic rings. The molecule has 0 saturated heterocycles. The van der Waals surface area contributed by atoms with Crippen molar-refractivity contribution in [1.29, 1.82) is 0 Å². The maximum atomic E-state index is 5.36. The first-order chi connectivity index (χ1) is 8.76. The van der Waals surface area contributed by atoms with Crippen LogP contribution in [0, 0.1) is 5.92 Å². The molecule has 1 aromatic rings. The maximum absolute atomic E-state index is 5.36. The second-order valence-corrected chi connectivity index (χ2v) is 4.60. The zero-order chi connectivity index (χ0) is 13.0. The Morgan fingerprint density at radius 1 is 1.33 bits per heavy atom. The highest BCUT2D eigenvalue weighted by atomic mass is 16.5. The van der Waals surface area contributed by atoms with Crippen LogP contribution in [0.4, 0.5) is 11.6 Å². The standard InChI is InChI=1S/C13H22N4O/c1-4-9-6-10(9)15-12-7-11(14-3)16-13(17-12)8-18-5-2/h7,9-10H,4-6,8H2,1-3H3,(H2,14,15,16,17). The van der Waals surface area contributed by atoms with Crippen LogP contribution >= 0.6 is 0 Å². The number of nitrogens with zero attached hydrogens (tertiary/aromatic N) is 2. The molecule has 0 bridgehead atoms. The minimum Gasteiger partial charge on any atom is -0.374 e. The van der Waals surface area contributed by atoms with Gasteiger partial charge in [-0.1, -0.05) is 13.3 Å². The van der Waals surface area contributed by atoms with E-state index >= 15 is 0 Å². The number of anilines is 2. The Morgan fingerprint density at radius 3 is 2.72 bits per heavy atom. The van der Waals surface area contributed by atoms with E-state index in [4.69, 9.17) is 4.74 Å². The second-order valence-electron chi connectivity index (χ2n) is 4.60. The third-order valence-corrected chi connectivity index (χ3v) is 3.24. The van der Waals surface area contributed by atoms with Crippen LogP contribution in [0.3, 0.4) is 0 Å². The van der Waals surface area contributed by atoms with Crippen molar-refractivity contribution >= 4 is 11.6 Å². The van der Waals surface area contributed by atoms with E-state index in [2.05, 4.69) is 27.5 Å². The van der Waals surface area contributed by atoms with Gasteiger partial charge in [0.15, 0.2) is 5.82 Å². The molecule has 1 aromatic heterocycles. The third kappa shape index (κ3) is 3.32. The zero-order valence-electron chi connectivity index (χ0n) is 11.4. The van der Waals surface area contributed by atoms with Crippen LogP contribution in [0.15, 0.2) is 6.07 Å². The van der Waals surface area contributed by atoms with Gasteiger partial charge < -0.3 is 15.4 Å². The first kappa shape index (κ1) is 13.1. The Labute approximate surface area is 108 Å². The first-order valence-electron chi connectivity index (χ1n) is 6.66. The molecule has 5 heteroatoms. The molecule has 18 heavy (non-hydrogen) atoms. The molecular weight excluding hydrogens is 228 g/mol. The van der Waals surface area contributed by atoms with Gasteiger partial charge in [-0.25, -0.2) is 9.97 Å². The van der Waals surface area contributed by atoms with Crippen LogP contribution in [0.25, 0.3) is 0 Å². The first-order valence-corrected chi connectivity index (χ1v) is 6.66. The summed E-state index contributed by atoms with van der Waals surface area (Å²) in [5, 5.41) is 6.52. The van der Waals surface area contributed by atoms with Crippen LogP contribution in [0.2, 0.25) is 0 Å². The van der Waals surface area contributed by atoms with E-state index in [9.17, 15) is 0 Å². The maximum Gasteiger partial charge on any atom is 0.158 e. The van der Waals surface area contributed by atoms with E-state index in [1.54, 1.807) is 0 Å². The van der Waals surface area contributed by atoms with Gasteiger partial charge in [-0.15, -0.1) is 0 Å². The van der Waals surface area contributed by atoms with Gasteiger partial charge in [0.1, 0.15) is 18.2 Å². The van der Waals surface area contributed by atoms with Gasteiger partial charge in [0.25, 0.3) is 0 Å². The van der Waals surface area contributed by atoms with E-state index in [0.717, 1.165) is 23.4 Å². The molecule has 5 nitrogen and oxygen atoms in total. The molecule has 0 radical (unpaired) electrons. The van der Waals surface area contributed by atoms with E-state index in [1.165, 1.54) is 12.8 Å². The highest BCUT2D eigenvalue weighted by Crippen LogP contribution is 2.35. The lowest BCUT2D eigenvalue weighted by Gasteiger charge is -2.09. The summed E-state index contributed by atoms with van der Waals surface area (Å²) in [6.07, 6.45) is 2.48. The van der Waals surface area contributed by atoms with Crippen molar-refractivity contribution in [3.05, 3.63) is 11.9 Å². The highest BCUT2D eigenvalue weighted by molar-refractivity contribution is 5.48. The summed E-state index contributed by atoms with van der Waals surface area (Å²) < 4.78 is 5.36. The number of aromatic nitrogens is 2. The summed E-state index contributed by atoms with van der Waals surface area (Å²) in [6.45, 7) is 5.34. The molecule has 0 amide bonds. The van der Waals surface area contributed by atoms with Crippen molar-refractivity contribution < 1.29 is 4.74 Å². The van der Waals surface area contributed by atoms with E-state index in [-0.39, 0.29) is 0 Å². The molecule has 0 aliphatic heterocycles. The quantitative estimate of drug-likeness (QED) is 0.777. The minimum atomic E-state index is 0.461. The molecule has 2 unspecified atom stereocenters. The summed E-state index contributed by atoms with van der Waals surface area (Å²) in [6, 6.07) is 2.52. The Bertz CT molecular complexity index is 397. The zero-order valence-corrected chi connectivity index (χ0v) is 11.4. The normalized spacial score (nSPS) is 21.7. The molecule has 1 fully saturated rings. The largest absolute Gasteiger partial charge is 0.374 e. The van der Waals surface area contributed by atoms with Crippen LogP contribution in [-0.2, 0) is 11.3 Å². The lowest BCUT2D eigenvalue weighted by molar-refractivity contribution is 0.128. The fourth-order valence-electron chi connectivity index (χ4n) is 2.02. The third-order valence-electron chi connectivity index (χ3n) is 3.24. The predicted molar refractivity (Wildman–Crippen MR) is 72.7 cm³/mol. The molecule has 2 N–H and O–H groups in total. The smallest absolute Gasteiger partial charge is 0.158 e. The molecule has 1 aliphatic carbocycles. The topological polar surface area (TPSA) is 59.1 Å². The average molecular weight is 250 g/mol. The summed E-state index contributed by atoms with van der Waals surface area (Å²) >= 11 is 0. The number of ether oxygens (including phenoxy) is 1. The molecule has 0 aromatic carbocycles. The van der Waals surface area contributed by atoms with Gasteiger partial charge in [0.05, 0.1) is 0 Å². The Morgan fingerprint density at radius 2 is 2.11 bits per heavy atom. The Kier molecular flexibility index (Phi) is 4.36. The van der Waals surface area contributed by atoms with E-state index in [1.807, 2.05) is 20.0 Å². The van der Waals surface area contributed by atoms with Crippen molar-refractivity contribution in [1.82, 2.24) is 9.97 Å². The summed E-state index contributed by atoms with van der Waals surface area (Å²) in [5.74, 6) is 3.24. The van der Waals surface area contributed by atoms with Crippen molar-refractivity contribution in [2.75, 3.05) is 24.3 Å². The Balaban J connectivity index is 2.03. The number of rotatable bonds is 7. The number of hydrogen-bond acceptors (Lipinski definition) is 5. The van der Waals surface area contributed by atoms with E-state index < -0.39 is 0 Å². The fourth-order valence-corrected chi connectivity index (χ4v) is 2.02. The van der Waals surface area contributed by atoms with Gasteiger partial charge >= 0.3 is 0 Å². The monoisotopic (exact) mass is 250 g/mol. The van der Waals surface area contributed by atoms with Crippen LogP contribution < -0.4 is 10.6 Å². The molecule has 2 atom stereocenters. The van der Waals surface area contributed by atoms with Gasteiger partial charge in [-0.05, 0) is 19.3 Å². The molecule has 2 rings (SSSR count). The fraction of sp³-hybridized carbons (Fsp3) is 0.692. The van der Waals surface area contributed by atoms with Gasteiger partial charge in [-0.3, -0.25) is 0 Å². The molecule has 100 valence electrons. The Hall–Kier alpha value is -1.36. The highest BCUT2D eigenvalue weighted by Gasteiger charge is 2.35. The summed E-state index contributed by atoms with van der Waals surface area (Å²) in [4.78, 5) is 8.85. The van der Waals surface area contributed by atoms with Gasteiger partial charge in [0, 0.05) is 25.8 Å². The van der Waals surface area contributed by atoms with Crippen LogP contribution in [-0.4, -0.2) is 29.7 Å². The van der Waals surface area contributed by atoms with Crippen molar-refractivity contribution in [2.24, 2.45) is 5.92 Å². The van der Waals surface area contributed by atoms with Crippen LogP contribution in [0.1, 0.15) is 32.5 Å². The van der Waals surface area contributed by atoms with Gasteiger partial charge in [-0.2, -0.15) is 0 Å². The predicted octanol–water partition coefficient (Wildman–Crippen LogP) is 2.27. The molecular formula is C13H22N4O. The minimum absolute atomic E-state index is 0.461. The number of hydrogen-bond donors (Lipinski definition) is 2. The SMILES string of the molecule is CCOCc1nc(NC)cc(NC2CC2CC)n1. The van der Waals surface area contributed by atoms with Crippen molar-refractivity contribution in [3.63, 3.8) is 0 Å². The van der Waals surface area contributed by atoms with Crippen LogP contribution in [0.5, 0.6) is 0 Å². The van der Waals surface area contributed by atoms with Crippen molar-refractivity contribution in [2.45, 2.75) is 39.3 Å². The molecule has 0 spiro atoms. The lowest BCUT2D eigenvalue weighted by Crippen LogP contribution is -2.10. The summed E-state index contributed by atoms with van der Waals surface area (Å²) in [7, 11) is 1.86. The average Bonchev–Trinajstić information content (AvgIpc) is 3.14. The lowest BCUT2D eigenvalue weighted by atomic mass is 10.3. The second kappa shape index (κ2) is 6.00. The molecule has 1 saturated carbocycles. The van der Waals surface area contributed by atoms with E-state index in [0.29, 0.717) is 19.3 Å². The van der Waals surface area contributed by atoms with Crippen molar-refractivity contribution in [3.8, 4) is 0 Å². The number of nitrogens with one attached hydrogen (secondary N) is 2. The molecule has 1 heterocycles. The summed E-state index contributed by atoms with van der Waals surface area (Å²) in [5.41, 5.74) is 0.